The van der Waals surface area contributed by atoms with Gasteiger partial charge in [0.05, 0.1) is 34.2 Å². The van der Waals surface area contributed by atoms with Crippen LogP contribution in [0.15, 0.2) is 42.5 Å². The Bertz CT molecular complexity index is 1040. The van der Waals surface area contributed by atoms with E-state index in [2.05, 4.69) is 159 Å². The van der Waals surface area contributed by atoms with E-state index in [1.165, 1.54) is 58.6 Å². The van der Waals surface area contributed by atoms with Crippen molar-refractivity contribution in [2.24, 2.45) is 10.8 Å². The number of benzene rings is 2. The minimum absolute atomic E-state index is 0.0333. The average molecular weight is 582 g/mol. The predicted molar refractivity (Wildman–Crippen MR) is 187 cm³/mol. The van der Waals surface area contributed by atoms with Gasteiger partial charge in [-0.1, -0.05) is 103 Å². The summed E-state index contributed by atoms with van der Waals surface area (Å²) >= 11 is 0. The molecule has 3 heteroatoms. The van der Waals surface area contributed by atoms with Crippen LogP contribution in [0.2, 0.25) is 0 Å². The predicted octanol–water partition coefficient (Wildman–Crippen LogP) is 7.29. The second-order valence-electron chi connectivity index (χ2n) is 16.3. The highest BCUT2D eigenvalue weighted by Crippen LogP contribution is 2.48. The van der Waals surface area contributed by atoms with Gasteiger partial charge in [0.15, 0.2) is 0 Å². The summed E-state index contributed by atoms with van der Waals surface area (Å²) in [6, 6.07) is 16.9. The zero-order chi connectivity index (χ0) is 32.5. The summed E-state index contributed by atoms with van der Waals surface area (Å²) < 4.78 is 0. The minimum Gasteiger partial charge on any atom is -0.340 e. The monoisotopic (exact) mass is 582 g/mol. The van der Waals surface area contributed by atoms with E-state index < -0.39 is 0 Å². The molecule has 2 N–H and O–H groups in total. The van der Waals surface area contributed by atoms with Gasteiger partial charge in [-0.05, 0) is 82.0 Å². The fraction of sp³-hybridized carbons (Fsp3) is 0.692. The summed E-state index contributed by atoms with van der Waals surface area (Å²) in [4.78, 5) is 5.79. The normalized spacial score (nSPS) is 14.9. The molecule has 0 heterocycles. The Morgan fingerprint density at radius 2 is 1.36 bits per heavy atom. The molecule has 0 saturated heterocycles. The van der Waals surface area contributed by atoms with E-state index in [4.69, 9.17) is 0 Å². The summed E-state index contributed by atoms with van der Waals surface area (Å²) in [5, 5.41) is 0. The SMILES string of the molecule is CCCC[NH+](C)Cc1ccc(C(N(C)C(C)(C)C(CC(C)(C)C)c2ccc(C)cc2C)C(C)(C)C)cc1.CC[NH+](C)C. The maximum atomic E-state index is 2.69. The molecule has 2 aromatic carbocycles. The van der Waals surface area contributed by atoms with Gasteiger partial charge in [-0.15, -0.1) is 0 Å². The first-order valence-electron chi connectivity index (χ1n) is 16.7. The summed E-state index contributed by atoms with van der Waals surface area (Å²) in [5.74, 6) is 0.429. The van der Waals surface area contributed by atoms with Gasteiger partial charge in [0, 0.05) is 23.1 Å². The maximum absolute atomic E-state index is 2.69. The number of aryl methyl sites for hydroxylation is 2. The zero-order valence-corrected chi connectivity index (χ0v) is 30.9. The quantitative estimate of drug-likeness (QED) is 0.268. The van der Waals surface area contributed by atoms with Crippen molar-refractivity contribution >= 4 is 0 Å². The molecule has 240 valence electrons. The molecular weight excluding hydrogens is 510 g/mol. The number of nitrogens with zero attached hydrogens (tertiary/aromatic N) is 1. The highest BCUT2D eigenvalue weighted by molar-refractivity contribution is 5.36. The molecular formula is C39H71N3+2. The molecule has 2 rings (SSSR count). The van der Waals surface area contributed by atoms with E-state index in [0.29, 0.717) is 12.0 Å². The van der Waals surface area contributed by atoms with Crippen LogP contribution in [-0.4, -0.2) is 51.7 Å². The lowest BCUT2D eigenvalue weighted by Gasteiger charge is -2.51. The molecule has 0 saturated carbocycles. The first-order valence-corrected chi connectivity index (χ1v) is 16.7. The lowest BCUT2D eigenvalue weighted by molar-refractivity contribution is -0.894. The third-order valence-electron chi connectivity index (χ3n) is 9.05. The van der Waals surface area contributed by atoms with Crippen molar-refractivity contribution in [3.63, 3.8) is 0 Å². The number of rotatable bonds is 12. The van der Waals surface area contributed by atoms with Gasteiger partial charge < -0.3 is 9.80 Å². The number of likely N-dealkylation sites (N-methyl/N-ethyl adjacent to an activating group) is 1. The Morgan fingerprint density at radius 1 is 0.810 bits per heavy atom. The molecule has 3 atom stereocenters. The molecule has 0 fully saturated rings. The average Bonchev–Trinajstić information content (AvgIpc) is 2.86. The van der Waals surface area contributed by atoms with Gasteiger partial charge >= 0.3 is 0 Å². The van der Waals surface area contributed by atoms with Crippen LogP contribution >= 0.6 is 0 Å². The minimum atomic E-state index is -0.0333. The molecule has 0 bridgehead atoms. The van der Waals surface area contributed by atoms with Gasteiger partial charge in [-0.3, -0.25) is 4.90 Å². The van der Waals surface area contributed by atoms with Gasteiger partial charge in [-0.25, -0.2) is 0 Å². The van der Waals surface area contributed by atoms with Crippen LogP contribution in [-0.2, 0) is 6.54 Å². The number of nitrogens with one attached hydrogen (secondary N) is 2. The Morgan fingerprint density at radius 3 is 1.79 bits per heavy atom. The molecule has 3 unspecified atom stereocenters. The molecule has 0 aliphatic carbocycles. The van der Waals surface area contributed by atoms with Crippen molar-refractivity contribution in [1.82, 2.24) is 4.90 Å². The van der Waals surface area contributed by atoms with Gasteiger partial charge in [0.1, 0.15) is 6.54 Å². The topological polar surface area (TPSA) is 12.1 Å². The largest absolute Gasteiger partial charge is 0.340 e. The van der Waals surface area contributed by atoms with Crippen LogP contribution in [0.3, 0.4) is 0 Å². The van der Waals surface area contributed by atoms with Crippen molar-refractivity contribution in [3.8, 4) is 0 Å². The molecule has 0 aliphatic heterocycles. The molecule has 0 radical (unpaired) electrons. The summed E-state index contributed by atoms with van der Waals surface area (Å²) in [6.07, 6.45) is 3.72. The first-order chi connectivity index (χ1) is 19.2. The second kappa shape index (κ2) is 16.4. The lowest BCUT2D eigenvalue weighted by Crippen LogP contribution is -3.07. The third kappa shape index (κ3) is 12.1. The summed E-state index contributed by atoms with van der Waals surface area (Å²) in [5.41, 5.74) is 7.43. The van der Waals surface area contributed by atoms with Gasteiger partial charge in [0.2, 0.25) is 0 Å². The van der Waals surface area contributed by atoms with Crippen molar-refractivity contribution in [1.29, 1.82) is 0 Å². The lowest BCUT2D eigenvalue weighted by atomic mass is 9.69. The van der Waals surface area contributed by atoms with Crippen molar-refractivity contribution in [3.05, 3.63) is 70.3 Å². The highest BCUT2D eigenvalue weighted by atomic mass is 15.2. The third-order valence-corrected chi connectivity index (χ3v) is 9.05. The standard InChI is InChI=1S/C35H58N2.C4H11N/c1-14-15-22-36(12)25-28-17-19-29(20-18-28)32(34(7,8)9)37(13)35(10,11)31(24-33(4,5)6)30-21-16-26(2)23-27(30)3;1-4-5(2)3/h16-21,23,31-32H,14-15,22,24-25H2,1-13H3;4H2,1-3H3/p+2. The van der Waals surface area contributed by atoms with Crippen LogP contribution in [0.4, 0.5) is 0 Å². The molecule has 0 amide bonds. The summed E-state index contributed by atoms with van der Waals surface area (Å²) in [6.45, 7) is 31.8. The molecule has 0 aromatic heterocycles. The smallest absolute Gasteiger partial charge is 0.103 e. The highest BCUT2D eigenvalue weighted by Gasteiger charge is 2.43. The van der Waals surface area contributed by atoms with Crippen LogP contribution < -0.4 is 9.80 Å². The molecule has 3 nitrogen and oxygen atoms in total. The number of hydrogen-bond donors (Lipinski definition) is 2. The maximum Gasteiger partial charge on any atom is 0.103 e. The van der Waals surface area contributed by atoms with E-state index in [1.54, 1.807) is 4.90 Å². The van der Waals surface area contributed by atoms with E-state index in [1.807, 2.05) is 0 Å². The Kier molecular flexibility index (Phi) is 15.0. The Hall–Kier alpha value is -1.68. The van der Waals surface area contributed by atoms with Crippen LogP contribution in [0.25, 0.3) is 0 Å². The fourth-order valence-electron chi connectivity index (χ4n) is 6.19. The van der Waals surface area contributed by atoms with Gasteiger partial charge in [-0.2, -0.15) is 0 Å². The Labute approximate surface area is 263 Å². The molecule has 2 aromatic rings. The van der Waals surface area contributed by atoms with Gasteiger partial charge in [0.25, 0.3) is 0 Å². The van der Waals surface area contributed by atoms with Crippen LogP contribution in [0.5, 0.6) is 0 Å². The van der Waals surface area contributed by atoms with Crippen molar-refractivity contribution < 1.29 is 9.80 Å². The molecule has 0 aliphatic rings. The second-order valence-corrected chi connectivity index (χ2v) is 16.3. The van der Waals surface area contributed by atoms with E-state index in [9.17, 15) is 0 Å². The molecule has 42 heavy (non-hydrogen) atoms. The number of unbranched alkanes of at least 4 members (excludes halogenated alkanes) is 1. The molecule has 0 spiro atoms. The number of quaternary nitrogens is 2. The summed E-state index contributed by atoms with van der Waals surface area (Å²) in [7, 11) is 8.96. The van der Waals surface area contributed by atoms with E-state index >= 15 is 0 Å². The Balaban J connectivity index is 0.00000162. The first kappa shape index (κ1) is 38.3. The van der Waals surface area contributed by atoms with Crippen molar-refractivity contribution in [2.45, 2.75) is 126 Å². The fourth-order valence-corrected chi connectivity index (χ4v) is 6.19. The van der Waals surface area contributed by atoms with Crippen LogP contribution in [0, 0.1) is 24.7 Å². The van der Waals surface area contributed by atoms with E-state index in [0.717, 1.165) is 13.0 Å². The van der Waals surface area contributed by atoms with Crippen molar-refractivity contribution in [2.75, 3.05) is 41.3 Å². The number of hydrogen-bond acceptors (Lipinski definition) is 1. The zero-order valence-electron chi connectivity index (χ0n) is 30.9. The van der Waals surface area contributed by atoms with Crippen LogP contribution in [0.1, 0.15) is 128 Å². The van der Waals surface area contributed by atoms with E-state index in [-0.39, 0.29) is 16.4 Å².